The lowest BCUT2D eigenvalue weighted by Gasteiger charge is -2.25. The minimum absolute atomic E-state index is 0.293. The van der Waals surface area contributed by atoms with Gasteiger partial charge in [-0.2, -0.15) is 5.10 Å². The summed E-state index contributed by atoms with van der Waals surface area (Å²) < 4.78 is 8.17. The molecule has 2 aliphatic heterocycles. The molecule has 0 saturated carbocycles. The highest BCUT2D eigenvalue weighted by molar-refractivity contribution is 9.10. The van der Waals surface area contributed by atoms with Crippen LogP contribution in [0.3, 0.4) is 0 Å². The van der Waals surface area contributed by atoms with E-state index in [9.17, 15) is 4.79 Å². The SMILES string of the molecule is O=C(O)N1CCc2c(c(Br)nn2[C@H]2CCOC2)C1. The van der Waals surface area contributed by atoms with E-state index in [4.69, 9.17) is 9.84 Å². The fourth-order valence-electron chi connectivity index (χ4n) is 2.59. The summed E-state index contributed by atoms with van der Waals surface area (Å²) in [6.07, 6.45) is 0.824. The van der Waals surface area contributed by atoms with Crippen molar-refractivity contribution >= 4 is 22.0 Å². The Kier molecular flexibility index (Phi) is 3.03. The zero-order valence-electron chi connectivity index (χ0n) is 9.80. The number of rotatable bonds is 1. The van der Waals surface area contributed by atoms with Gasteiger partial charge in [0.25, 0.3) is 0 Å². The van der Waals surface area contributed by atoms with Crippen LogP contribution in [-0.4, -0.2) is 45.6 Å². The van der Waals surface area contributed by atoms with E-state index in [1.165, 1.54) is 4.90 Å². The van der Waals surface area contributed by atoms with E-state index >= 15 is 0 Å². The van der Waals surface area contributed by atoms with Crippen molar-refractivity contribution in [3.63, 3.8) is 0 Å². The molecule has 1 aromatic heterocycles. The Morgan fingerprint density at radius 1 is 1.56 bits per heavy atom. The number of ether oxygens (including phenoxy) is 1. The third kappa shape index (κ3) is 1.91. The second-order valence-corrected chi connectivity index (χ2v) is 5.38. The van der Waals surface area contributed by atoms with Gasteiger partial charge in [0.2, 0.25) is 0 Å². The fourth-order valence-corrected chi connectivity index (χ4v) is 3.11. The van der Waals surface area contributed by atoms with Crippen LogP contribution in [0, 0.1) is 0 Å². The van der Waals surface area contributed by atoms with Crippen LogP contribution in [0.2, 0.25) is 0 Å². The summed E-state index contributed by atoms with van der Waals surface area (Å²) in [6, 6.07) is 0.293. The van der Waals surface area contributed by atoms with Gasteiger partial charge in [-0.25, -0.2) is 4.79 Å². The van der Waals surface area contributed by atoms with Gasteiger partial charge in [-0.3, -0.25) is 4.68 Å². The molecule has 1 fully saturated rings. The molecule has 0 radical (unpaired) electrons. The van der Waals surface area contributed by atoms with Crippen molar-refractivity contribution in [1.29, 1.82) is 0 Å². The number of halogens is 1. The summed E-state index contributed by atoms with van der Waals surface area (Å²) in [7, 11) is 0. The third-order valence-corrected chi connectivity index (χ3v) is 4.20. The molecule has 3 rings (SSSR count). The molecule has 3 heterocycles. The van der Waals surface area contributed by atoms with E-state index in [1.54, 1.807) is 0 Å². The summed E-state index contributed by atoms with van der Waals surface area (Å²) >= 11 is 3.43. The van der Waals surface area contributed by atoms with Gasteiger partial charge in [0.15, 0.2) is 0 Å². The largest absolute Gasteiger partial charge is 0.465 e. The number of fused-ring (bicyclic) bond motifs is 1. The first kappa shape index (κ1) is 12.0. The van der Waals surface area contributed by atoms with Gasteiger partial charge >= 0.3 is 6.09 Å². The molecule has 0 spiro atoms. The van der Waals surface area contributed by atoms with Crippen LogP contribution in [0.4, 0.5) is 4.79 Å². The Labute approximate surface area is 113 Å². The number of hydrogen-bond acceptors (Lipinski definition) is 3. The summed E-state index contributed by atoms with van der Waals surface area (Å²) in [6.45, 7) is 2.42. The second kappa shape index (κ2) is 4.55. The van der Waals surface area contributed by atoms with Crippen molar-refractivity contribution in [3.05, 3.63) is 15.9 Å². The molecule has 98 valence electrons. The average Bonchev–Trinajstić information content (AvgIpc) is 2.97. The summed E-state index contributed by atoms with van der Waals surface area (Å²) in [5, 5.41) is 13.5. The zero-order chi connectivity index (χ0) is 12.7. The lowest BCUT2D eigenvalue weighted by Crippen LogP contribution is -2.35. The van der Waals surface area contributed by atoms with E-state index in [-0.39, 0.29) is 0 Å². The number of carboxylic acid groups (broad SMARTS) is 1. The lowest BCUT2D eigenvalue weighted by atomic mass is 10.1. The van der Waals surface area contributed by atoms with Crippen LogP contribution < -0.4 is 0 Å². The highest BCUT2D eigenvalue weighted by atomic mass is 79.9. The lowest BCUT2D eigenvalue weighted by molar-refractivity contribution is 0.139. The zero-order valence-corrected chi connectivity index (χ0v) is 11.4. The number of hydrogen-bond donors (Lipinski definition) is 1. The summed E-state index contributed by atoms with van der Waals surface area (Å²) in [5.74, 6) is 0. The first-order valence-corrected chi connectivity index (χ1v) is 6.77. The minimum Gasteiger partial charge on any atom is -0.465 e. The van der Waals surface area contributed by atoms with Crippen LogP contribution in [0.1, 0.15) is 23.7 Å². The molecule has 1 atom stereocenters. The Morgan fingerprint density at radius 2 is 2.39 bits per heavy atom. The number of amides is 1. The maximum absolute atomic E-state index is 11.0. The monoisotopic (exact) mass is 315 g/mol. The Balaban J connectivity index is 1.92. The number of aromatic nitrogens is 2. The molecule has 2 aliphatic rings. The molecule has 1 N–H and O–H groups in total. The molecular weight excluding hydrogens is 302 g/mol. The van der Waals surface area contributed by atoms with Crippen LogP contribution in [0.15, 0.2) is 4.60 Å². The smallest absolute Gasteiger partial charge is 0.407 e. The quantitative estimate of drug-likeness (QED) is 0.855. The van der Waals surface area contributed by atoms with Crippen molar-refractivity contribution in [1.82, 2.24) is 14.7 Å². The number of nitrogens with zero attached hydrogens (tertiary/aromatic N) is 3. The number of carbonyl (C=O) groups is 1. The normalized spacial score (nSPS) is 23.2. The van der Waals surface area contributed by atoms with Crippen molar-refractivity contribution in [2.45, 2.75) is 25.4 Å². The van der Waals surface area contributed by atoms with Crippen molar-refractivity contribution < 1.29 is 14.6 Å². The van der Waals surface area contributed by atoms with Gasteiger partial charge < -0.3 is 14.7 Å². The predicted molar refractivity (Wildman–Crippen MR) is 66.5 cm³/mol. The van der Waals surface area contributed by atoms with Crippen molar-refractivity contribution in [3.8, 4) is 0 Å². The Hall–Kier alpha value is -1.08. The molecule has 7 heteroatoms. The Bertz CT molecular complexity index is 482. The molecule has 0 aliphatic carbocycles. The fraction of sp³-hybridized carbons (Fsp3) is 0.636. The summed E-state index contributed by atoms with van der Waals surface area (Å²) in [4.78, 5) is 12.4. The maximum atomic E-state index is 11.0. The van der Waals surface area contributed by atoms with Crippen molar-refractivity contribution in [2.75, 3.05) is 19.8 Å². The third-order valence-electron chi connectivity index (χ3n) is 3.56. The topological polar surface area (TPSA) is 67.6 Å². The van der Waals surface area contributed by atoms with Gasteiger partial charge in [0.1, 0.15) is 4.60 Å². The van der Waals surface area contributed by atoms with Crippen LogP contribution >= 0.6 is 15.9 Å². The van der Waals surface area contributed by atoms with E-state index in [0.717, 1.165) is 35.3 Å². The highest BCUT2D eigenvalue weighted by Gasteiger charge is 2.30. The molecule has 18 heavy (non-hydrogen) atoms. The molecule has 0 bridgehead atoms. The predicted octanol–water partition coefficient (Wildman–Crippen LogP) is 1.64. The Morgan fingerprint density at radius 3 is 3.06 bits per heavy atom. The molecule has 1 amide bonds. The van der Waals surface area contributed by atoms with Gasteiger partial charge in [-0.1, -0.05) is 0 Å². The van der Waals surface area contributed by atoms with E-state index in [0.29, 0.717) is 25.7 Å². The first-order valence-electron chi connectivity index (χ1n) is 5.98. The van der Waals surface area contributed by atoms with Crippen LogP contribution in [0.25, 0.3) is 0 Å². The van der Waals surface area contributed by atoms with Gasteiger partial charge in [-0.15, -0.1) is 0 Å². The molecular formula is C11H14BrN3O3. The standard InChI is InChI=1S/C11H14BrN3O3/c12-10-8-5-14(11(16)17)3-1-9(8)15(13-10)7-2-4-18-6-7/h7H,1-6H2,(H,16,17)/t7-/m0/s1. The van der Waals surface area contributed by atoms with Crippen LogP contribution in [-0.2, 0) is 17.7 Å². The highest BCUT2D eigenvalue weighted by Crippen LogP contribution is 2.30. The second-order valence-electron chi connectivity index (χ2n) is 4.63. The van der Waals surface area contributed by atoms with Crippen LogP contribution in [0.5, 0.6) is 0 Å². The molecule has 0 unspecified atom stereocenters. The molecule has 1 saturated heterocycles. The van der Waals surface area contributed by atoms with Crippen molar-refractivity contribution in [2.24, 2.45) is 0 Å². The van der Waals surface area contributed by atoms with Gasteiger partial charge in [-0.05, 0) is 22.4 Å². The summed E-state index contributed by atoms with van der Waals surface area (Å²) in [5.41, 5.74) is 2.14. The van der Waals surface area contributed by atoms with Gasteiger partial charge in [0.05, 0.1) is 19.2 Å². The van der Waals surface area contributed by atoms with E-state index < -0.39 is 6.09 Å². The van der Waals surface area contributed by atoms with Gasteiger partial charge in [0, 0.05) is 30.8 Å². The average molecular weight is 316 g/mol. The van der Waals surface area contributed by atoms with E-state index in [2.05, 4.69) is 21.0 Å². The molecule has 0 aromatic carbocycles. The minimum atomic E-state index is -0.871. The molecule has 1 aromatic rings. The first-order chi connectivity index (χ1) is 8.66. The molecule has 6 nitrogen and oxygen atoms in total. The maximum Gasteiger partial charge on any atom is 0.407 e. The van der Waals surface area contributed by atoms with E-state index in [1.807, 2.05) is 4.68 Å².